The molecule has 0 bridgehead atoms. The van der Waals surface area contributed by atoms with E-state index in [-0.39, 0.29) is 0 Å². The Morgan fingerprint density at radius 3 is 2.52 bits per heavy atom. The standard InChI is InChI=1S/C17H32N6O2/c1-7-19-14(20-9-11-23-10-8-18-13-23)21-12-17(5,6)22-15(24)25-16(2,3)4/h8,10,13H,7,9,11-12H2,1-6H3,(H,22,24)(H2,19,20,21). The molecule has 8 nitrogen and oxygen atoms in total. The average molecular weight is 352 g/mol. The molecule has 1 aromatic rings. The lowest BCUT2D eigenvalue weighted by Crippen LogP contribution is -2.49. The molecule has 0 atom stereocenters. The van der Waals surface area contributed by atoms with Crippen LogP contribution in [0.3, 0.4) is 0 Å². The number of imidazole rings is 1. The Kier molecular flexibility index (Phi) is 7.73. The van der Waals surface area contributed by atoms with E-state index < -0.39 is 17.2 Å². The fraction of sp³-hybridized carbons (Fsp3) is 0.706. The molecule has 0 aliphatic rings. The van der Waals surface area contributed by atoms with Gasteiger partial charge in [0.05, 0.1) is 18.4 Å². The number of rotatable bonds is 7. The molecule has 0 saturated heterocycles. The van der Waals surface area contributed by atoms with Crippen LogP contribution in [0.25, 0.3) is 0 Å². The second-order valence-corrected chi connectivity index (χ2v) is 7.43. The van der Waals surface area contributed by atoms with Gasteiger partial charge in [0.15, 0.2) is 5.96 Å². The molecule has 0 aliphatic carbocycles. The summed E-state index contributed by atoms with van der Waals surface area (Å²) < 4.78 is 7.29. The highest BCUT2D eigenvalue weighted by Crippen LogP contribution is 2.09. The SMILES string of the molecule is CCNC(=NCC(C)(C)NC(=O)OC(C)(C)C)NCCn1ccnc1. The van der Waals surface area contributed by atoms with Gasteiger partial charge >= 0.3 is 6.09 Å². The van der Waals surface area contributed by atoms with E-state index in [1.807, 2.05) is 52.3 Å². The summed E-state index contributed by atoms with van der Waals surface area (Å²) in [5, 5.41) is 9.32. The number of hydrogen-bond acceptors (Lipinski definition) is 4. The van der Waals surface area contributed by atoms with Crippen molar-refractivity contribution in [3.05, 3.63) is 18.7 Å². The van der Waals surface area contributed by atoms with Gasteiger partial charge in [0.25, 0.3) is 0 Å². The first-order valence-corrected chi connectivity index (χ1v) is 8.60. The average Bonchev–Trinajstić information content (AvgIpc) is 2.95. The van der Waals surface area contributed by atoms with Crippen LogP contribution in [-0.4, -0.2) is 52.4 Å². The zero-order valence-electron chi connectivity index (χ0n) is 16.2. The van der Waals surface area contributed by atoms with E-state index in [1.54, 1.807) is 12.5 Å². The number of hydrogen-bond donors (Lipinski definition) is 3. The number of aromatic nitrogens is 2. The summed E-state index contributed by atoms with van der Waals surface area (Å²) in [6.45, 7) is 14.1. The summed E-state index contributed by atoms with van der Waals surface area (Å²) in [6.07, 6.45) is 5.01. The van der Waals surface area contributed by atoms with E-state index in [0.717, 1.165) is 19.6 Å². The molecule has 3 N–H and O–H groups in total. The van der Waals surface area contributed by atoms with Crippen LogP contribution in [0.2, 0.25) is 0 Å². The van der Waals surface area contributed by atoms with Crippen LogP contribution >= 0.6 is 0 Å². The summed E-state index contributed by atoms with van der Waals surface area (Å²) in [6, 6.07) is 0. The molecule has 1 amide bonds. The third kappa shape index (κ3) is 9.59. The zero-order valence-corrected chi connectivity index (χ0v) is 16.2. The predicted octanol–water partition coefficient (Wildman–Crippen LogP) is 1.74. The van der Waals surface area contributed by atoms with Crippen molar-refractivity contribution in [2.75, 3.05) is 19.6 Å². The number of aliphatic imine (C=N–C) groups is 1. The van der Waals surface area contributed by atoms with Gasteiger partial charge in [0.1, 0.15) is 5.60 Å². The minimum atomic E-state index is -0.521. The van der Waals surface area contributed by atoms with Crippen molar-refractivity contribution in [3.8, 4) is 0 Å². The van der Waals surface area contributed by atoms with Crippen molar-refractivity contribution < 1.29 is 9.53 Å². The van der Waals surface area contributed by atoms with E-state index in [0.29, 0.717) is 12.5 Å². The van der Waals surface area contributed by atoms with Crippen LogP contribution in [-0.2, 0) is 11.3 Å². The highest BCUT2D eigenvalue weighted by Gasteiger charge is 2.24. The summed E-state index contributed by atoms with van der Waals surface area (Å²) in [4.78, 5) is 20.5. The number of guanidine groups is 1. The van der Waals surface area contributed by atoms with Crippen LogP contribution in [0.15, 0.2) is 23.7 Å². The second-order valence-electron chi connectivity index (χ2n) is 7.43. The molecule has 0 unspecified atom stereocenters. The van der Waals surface area contributed by atoms with Crippen molar-refractivity contribution >= 4 is 12.1 Å². The lowest BCUT2D eigenvalue weighted by atomic mass is 10.1. The van der Waals surface area contributed by atoms with Crippen molar-refractivity contribution in [1.29, 1.82) is 0 Å². The predicted molar refractivity (Wildman–Crippen MR) is 99.7 cm³/mol. The molecule has 0 spiro atoms. The van der Waals surface area contributed by atoms with Gasteiger partial charge in [-0.3, -0.25) is 4.99 Å². The molecular formula is C17H32N6O2. The maximum atomic E-state index is 11.9. The minimum absolute atomic E-state index is 0.423. The molecule has 1 rings (SSSR count). The number of ether oxygens (including phenoxy) is 1. The maximum Gasteiger partial charge on any atom is 0.408 e. The normalized spacial score (nSPS) is 12.6. The topological polar surface area (TPSA) is 92.6 Å². The van der Waals surface area contributed by atoms with E-state index in [2.05, 4.69) is 25.9 Å². The van der Waals surface area contributed by atoms with Crippen LogP contribution in [0.4, 0.5) is 4.79 Å². The first kappa shape index (κ1) is 20.8. The quantitative estimate of drug-likeness (QED) is 0.513. The van der Waals surface area contributed by atoms with Crippen LogP contribution in [0.1, 0.15) is 41.5 Å². The van der Waals surface area contributed by atoms with E-state index in [4.69, 9.17) is 4.74 Å². The lowest BCUT2D eigenvalue weighted by Gasteiger charge is -2.27. The molecule has 0 aliphatic heterocycles. The summed E-state index contributed by atoms with van der Waals surface area (Å²) in [5.74, 6) is 0.710. The van der Waals surface area contributed by atoms with Gasteiger partial charge < -0.3 is 25.3 Å². The van der Waals surface area contributed by atoms with Gasteiger partial charge in [-0.25, -0.2) is 9.78 Å². The number of amides is 1. The monoisotopic (exact) mass is 352 g/mol. The molecule has 1 heterocycles. The van der Waals surface area contributed by atoms with Crippen molar-refractivity contribution in [3.63, 3.8) is 0 Å². The van der Waals surface area contributed by atoms with Crippen molar-refractivity contribution in [1.82, 2.24) is 25.5 Å². The zero-order chi connectivity index (χ0) is 18.9. The Morgan fingerprint density at radius 1 is 1.24 bits per heavy atom. The Hall–Kier alpha value is -2.25. The number of nitrogens with zero attached hydrogens (tertiary/aromatic N) is 3. The van der Waals surface area contributed by atoms with E-state index >= 15 is 0 Å². The Bertz CT molecular complexity index is 546. The van der Waals surface area contributed by atoms with E-state index in [9.17, 15) is 4.79 Å². The Balaban J connectivity index is 2.51. The van der Waals surface area contributed by atoms with Crippen molar-refractivity contribution in [2.24, 2.45) is 4.99 Å². The maximum absolute atomic E-state index is 11.9. The van der Waals surface area contributed by atoms with Gasteiger partial charge in [-0.1, -0.05) is 0 Å². The molecule has 0 aromatic carbocycles. The first-order chi connectivity index (χ1) is 11.6. The lowest BCUT2D eigenvalue weighted by molar-refractivity contribution is 0.0476. The second kappa shape index (κ2) is 9.29. The number of carbonyl (C=O) groups excluding carboxylic acids is 1. The molecule has 0 fully saturated rings. The van der Waals surface area contributed by atoms with Gasteiger partial charge in [-0.05, 0) is 41.5 Å². The van der Waals surface area contributed by atoms with Gasteiger partial charge in [-0.15, -0.1) is 0 Å². The molecule has 0 saturated carbocycles. The van der Waals surface area contributed by atoms with Gasteiger partial charge in [-0.2, -0.15) is 0 Å². The van der Waals surface area contributed by atoms with E-state index in [1.165, 1.54) is 0 Å². The molecule has 1 aromatic heterocycles. The number of carbonyl (C=O) groups is 1. The third-order valence-corrected chi connectivity index (χ3v) is 3.04. The van der Waals surface area contributed by atoms with Crippen LogP contribution in [0, 0.1) is 0 Å². The molecule has 25 heavy (non-hydrogen) atoms. The largest absolute Gasteiger partial charge is 0.444 e. The fourth-order valence-corrected chi connectivity index (χ4v) is 1.96. The molecule has 0 radical (unpaired) electrons. The Labute approximate surface area is 150 Å². The van der Waals surface area contributed by atoms with Gasteiger partial charge in [0.2, 0.25) is 0 Å². The highest BCUT2D eigenvalue weighted by atomic mass is 16.6. The van der Waals surface area contributed by atoms with Crippen LogP contribution < -0.4 is 16.0 Å². The fourth-order valence-electron chi connectivity index (χ4n) is 1.96. The number of alkyl carbamates (subject to hydrolysis) is 1. The summed E-state index contributed by atoms with van der Waals surface area (Å²) in [5.41, 5.74) is -1.04. The smallest absolute Gasteiger partial charge is 0.408 e. The summed E-state index contributed by atoms with van der Waals surface area (Å²) in [7, 11) is 0. The minimum Gasteiger partial charge on any atom is -0.444 e. The summed E-state index contributed by atoms with van der Waals surface area (Å²) >= 11 is 0. The van der Waals surface area contributed by atoms with Crippen LogP contribution in [0.5, 0.6) is 0 Å². The molecule has 142 valence electrons. The highest BCUT2D eigenvalue weighted by molar-refractivity contribution is 5.79. The third-order valence-electron chi connectivity index (χ3n) is 3.04. The van der Waals surface area contributed by atoms with Crippen molar-refractivity contribution in [2.45, 2.75) is 59.2 Å². The van der Waals surface area contributed by atoms with Gasteiger partial charge in [0, 0.05) is 32.0 Å². The first-order valence-electron chi connectivity index (χ1n) is 8.60. The molecule has 8 heteroatoms. The molecular weight excluding hydrogens is 320 g/mol. The Morgan fingerprint density at radius 2 is 1.96 bits per heavy atom. The number of nitrogens with one attached hydrogen (secondary N) is 3.